The first kappa shape index (κ1) is 18.4. The monoisotopic (exact) mass is 298 g/mol. The Morgan fingerprint density at radius 2 is 2.27 bits per heavy atom. The van der Waals surface area contributed by atoms with Crippen molar-refractivity contribution < 1.29 is 0 Å². The van der Waals surface area contributed by atoms with Crippen LogP contribution >= 0.6 is 0 Å². The van der Waals surface area contributed by atoms with Gasteiger partial charge in [-0.15, -0.1) is 0 Å². The number of hydrogen-bond acceptors (Lipinski definition) is 2. The van der Waals surface area contributed by atoms with Crippen LogP contribution < -0.4 is 5.73 Å². The molecule has 2 heteroatoms. The lowest BCUT2D eigenvalue weighted by molar-refractivity contribution is 0.682. The van der Waals surface area contributed by atoms with Gasteiger partial charge in [-0.25, -0.2) is 0 Å². The van der Waals surface area contributed by atoms with Crippen molar-refractivity contribution in [2.75, 3.05) is 0 Å². The van der Waals surface area contributed by atoms with E-state index in [0.29, 0.717) is 0 Å². The van der Waals surface area contributed by atoms with Crippen molar-refractivity contribution in [3.63, 3.8) is 0 Å². The van der Waals surface area contributed by atoms with E-state index in [1.807, 2.05) is 18.4 Å². The zero-order valence-electron chi connectivity index (χ0n) is 14.3. The second-order valence-corrected chi connectivity index (χ2v) is 5.77. The van der Waals surface area contributed by atoms with Gasteiger partial charge in [-0.3, -0.25) is 4.99 Å². The lowest BCUT2D eigenvalue weighted by atomic mass is 9.97. The predicted octanol–water partition coefficient (Wildman–Crippen LogP) is 4.91. The topological polar surface area (TPSA) is 38.4 Å². The van der Waals surface area contributed by atoms with Crippen LogP contribution in [-0.4, -0.2) is 18.3 Å². The molecule has 120 valence electrons. The number of hydrogen-bond donors (Lipinski definition) is 1. The van der Waals surface area contributed by atoms with Gasteiger partial charge >= 0.3 is 0 Å². The van der Waals surface area contributed by atoms with E-state index in [2.05, 4.69) is 56.6 Å². The molecule has 1 rings (SSSR count). The fourth-order valence-electron chi connectivity index (χ4n) is 2.55. The van der Waals surface area contributed by atoms with E-state index < -0.39 is 0 Å². The highest BCUT2D eigenvalue weighted by atomic mass is 14.7. The maximum Gasteiger partial charge on any atom is 0.0657 e. The van der Waals surface area contributed by atoms with Gasteiger partial charge in [0, 0.05) is 12.3 Å². The van der Waals surface area contributed by atoms with Gasteiger partial charge in [0.15, 0.2) is 0 Å². The number of nitrogens with zero attached hydrogens (tertiary/aromatic N) is 1. The predicted molar refractivity (Wildman–Crippen MR) is 99.3 cm³/mol. The van der Waals surface area contributed by atoms with Crippen molar-refractivity contribution in [1.29, 1.82) is 0 Å². The maximum absolute atomic E-state index is 6.19. The molecule has 0 radical (unpaired) electrons. The van der Waals surface area contributed by atoms with E-state index in [1.165, 1.54) is 11.1 Å². The summed E-state index contributed by atoms with van der Waals surface area (Å²) in [5.74, 6) is 0. The third-order valence-electron chi connectivity index (χ3n) is 3.88. The van der Waals surface area contributed by atoms with E-state index in [-0.39, 0.29) is 12.1 Å². The number of nitrogens with two attached hydrogens (primary N) is 1. The fourth-order valence-corrected chi connectivity index (χ4v) is 2.55. The first-order valence-electron chi connectivity index (χ1n) is 8.23. The van der Waals surface area contributed by atoms with Crippen molar-refractivity contribution in [2.24, 2.45) is 10.7 Å². The summed E-state index contributed by atoms with van der Waals surface area (Å²) in [7, 11) is 0. The summed E-state index contributed by atoms with van der Waals surface area (Å²) in [6.07, 6.45) is 18.6. The van der Waals surface area contributed by atoms with E-state index in [1.54, 1.807) is 0 Å². The maximum atomic E-state index is 6.19. The summed E-state index contributed by atoms with van der Waals surface area (Å²) in [4.78, 5) is 4.39. The molecule has 0 amide bonds. The van der Waals surface area contributed by atoms with Gasteiger partial charge in [0.25, 0.3) is 0 Å². The highest BCUT2D eigenvalue weighted by Gasteiger charge is 2.06. The highest BCUT2D eigenvalue weighted by Crippen LogP contribution is 2.20. The molecule has 2 unspecified atom stereocenters. The van der Waals surface area contributed by atoms with Gasteiger partial charge in [-0.1, -0.05) is 55.9 Å². The zero-order chi connectivity index (χ0) is 16.4. The molecule has 0 bridgehead atoms. The molecule has 22 heavy (non-hydrogen) atoms. The summed E-state index contributed by atoms with van der Waals surface area (Å²) < 4.78 is 0. The molecule has 1 aliphatic heterocycles. The molecule has 0 aromatic rings. The highest BCUT2D eigenvalue weighted by molar-refractivity contribution is 5.73. The molecule has 0 spiro atoms. The first-order chi connectivity index (χ1) is 10.6. The normalized spacial score (nSPS) is 20.5. The Hall–Kier alpha value is -1.67. The van der Waals surface area contributed by atoms with E-state index >= 15 is 0 Å². The summed E-state index contributed by atoms with van der Waals surface area (Å²) in [5.41, 5.74) is 10.1. The van der Waals surface area contributed by atoms with E-state index in [0.717, 1.165) is 31.3 Å². The van der Waals surface area contributed by atoms with Gasteiger partial charge in [0.05, 0.1) is 6.04 Å². The Kier molecular flexibility index (Phi) is 8.46. The summed E-state index contributed by atoms with van der Waals surface area (Å²) in [6, 6.07) is 0.353. The van der Waals surface area contributed by atoms with Crippen LogP contribution in [0.4, 0.5) is 0 Å². The molecule has 2 nitrogen and oxygen atoms in total. The van der Waals surface area contributed by atoms with Gasteiger partial charge in [-0.2, -0.15) is 0 Å². The second-order valence-electron chi connectivity index (χ2n) is 5.77. The molecule has 0 fully saturated rings. The van der Waals surface area contributed by atoms with Crippen LogP contribution in [-0.2, 0) is 0 Å². The molecule has 0 aromatic carbocycles. The Balaban J connectivity index is 2.71. The Morgan fingerprint density at radius 1 is 1.50 bits per heavy atom. The standard InChI is InChI=1S/C20H30N2/c1-5-9-20(21)19(7-3)12-11-17(6-2)15-18-10-8-13-22-16(4)14-18/h6-8,10,12-14,16,20H,3,5,9,11,15,21H2,1-2,4H3/b17-6-,19-12-. The molecule has 1 heterocycles. The van der Waals surface area contributed by atoms with Crippen LogP contribution in [0.5, 0.6) is 0 Å². The van der Waals surface area contributed by atoms with Crippen LogP contribution in [0.25, 0.3) is 0 Å². The number of aliphatic imine (C=N–C) groups is 1. The number of rotatable bonds is 8. The van der Waals surface area contributed by atoms with Crippen molar-refractivity contribution in [1.82, 2.24) is 0 Å². The Bertz CT molecular complexity index is 504. The molecule has 2 atom stereocenters. The second kappa shape index (κ2) is 10.1. The molecule has 2 N–H and O–H groups in total. The smallest absolute Gasteiger partial charge is 0.0657 e. The van der Waals surface area contributed by atoms with Gasteiger partial charge in [0.1, 0.15) is 0 Å². The average Bonchev–Trinajstić information content (AvgIpc) is 2.71. The van der Waals surface area contributed by atoms with Crippen LogP contribution in [0.2, 0.25) is 0 Å². The fraction of sp³-hybridized carbons (Fsp3) is 0.450. The van der Waals surface area contributed by atoms with Gasteiger partial charge in [0.2, 0.25) is 0 Å². The minimum atomic E-state index is 0.103. The Morgan fingerprint density at radius 3 is 2.91 bits per heavy atom. The summed E-state index contributed by atoms with van der Waals surface area (Å²) >= 11 is 0. The minimum absolute atomic E-state index is 0.103. The van der Waals surface area contributed by atoms with Crippen molar-refractivity contribution in [3.05, 3.63) is 59.8 Å². The lowest BCUT2D eigenvalue weighted by Gasteiger charge is -2.13. The molecule has 0 aliphatic carbocycles. The van der Waals surface area contributed by atoms with E-state index in [4.69, 9.17) is 5.73 Å². The third-order valence-corrected chi connectivity index (χ3v) is 3.88. The van der Waals surface area contributed by atoms with Crippen LogP contribution in [0.3, 0.4) is 0 Å². The minimum Gasteiger partial charge on any atom is -0.324 e. The first-order valence-corrected chi connectivity index (χ1v) is 8.23. The van der Waals surface area contributed by atoms with Crippen LogP contribution in [0, 0.1) is 0 Å². The lowest BCUT2D eigenvalue weighted by Crippen LogP contribution is -2.21. The van der Waals surface area contributed by atoms with Crippen LogP contribution in [0.1, 0.15) is 46.5 Å². The molecular formula is C20H30N2. The number of allylic oxidation sites excluding steroid dienone is 6. The van der Waals surface area contributed by atoms with Crippen LogP contribution in [0.15, 0.2) is 64.7 Å². The van der Waals surface area contributed by atoms with Crippen molar-refractivity contribution in [3.8, 4) is 0 Å². The quantitative estimate of drug-likeness (QED) is 0.502. The van der Waals surface area contributed by atoms with Gasteiger partial charge in [-0.05, 0) is 50.3 Å². The van der Waals surface area contributed by atoms with E-state index in [9.17, 15) is 0 Å². The van der Waals surface area contributed by atoms with Gasteiger partial charge < -0.3 is 5.73 Å². The Labute approximate surface area is 135 Å². The zero-order valence-corrected chi connectivity index (χ0v) is 14.3. The molecule has 0 saturated carbocycles. The average molecular weight is 298 g/mol. The largest absolute Gasteiger partial charge is 0.324 e. The molecule has 1 aliphatic rings. The summed E-state index contributed by atoms with van der Waals surface area (Å²) in [6.45, 7) is 10.3. The third kappa shape index (κ3) is 6.40. The molecule has 0 aromatic heterocycles. The molecular weight excluding hydrogens is 268 g/mol. The molecule has 0 saturated heterocycles. The summed E-state index contributed by atoms with van der Waals surface area (Å²) in [5, 5.41) is 0. The van der Waals surface area contributed by atoms with Crippen molar-refractivity contribution in [2.45, 2.75) is 58.5 Å². The SMILES string of the molecule is C=C/C(=C/C/C(=C/C)CC1=CC(C)N=CC=C1)C(N)CCC. The van der Waals surface area contributed by atoms with Crippen molar-refractivity contribution >= 4 is 6.21 Å².